The lowest BCUT2D eigenvalue weighted by Gasteiger charge is -2.18. The molecule has 7 nitrogen and oxygen atoms in total. The van der Waals surface area contributed by atoms with Crippen LogP contribution < -0.4 is 10.1 Å². The Morgan fingerprint density at radius 1 is 1.12 bits per heavy atom. The summed E-state index contributed by atoms with van der Waals surface area (Å²) >= 11 is 1.19. The topological polar surface area (TPSA) is 88.6 Å². The molecule has 10 heteroatoms. The van der Waals surface area contributed by atoms with Gasteiger partial charge in [0.15, 0.2) is 5.13 Å². The zero-order valence-corrected chi connectivity index (χ0v) is 20.3. The molecule has 3 aromatic rings. The summed E-state index contributed by atoms with van der Waals surface area (Å²) in [4.78, 5) is 17.0. The molecule has 0 bridgehead atoms. The van der Waals surface area contributed by atoms with Gasteiger partial charge in [-0.2, -0.15) is 4.31 Å². The second-order valence-electron chi connectivity index (χ2n) is 7.10. The van der Waals surface area contributed by atoms with Crippen LogP contribution in [0.4, 0.5) is 9.52 Å². The third-order valence-corrected chi connectivity index (χ3v) is 7.68. The molecule has 0 unspecified atom stereocenters. The summed E-state index contributed by atoms with van der Waals surface area (Å²) in [5.41, 5.74) is 1.13. The van der Waals surface area contributed by atoms with E-state index in [1.807, 2.05) is 31.2 Å². The molecule has 0 fully saturated rings. The van der Waals surface area contributed by atoms with E-state index in [4.69, 9.17) is 4.74 Å². The highest BCUT2D eigenvalue weighted by Crippen LogP contribution is 2.27. The van der Waals surface area contributed by atoms with Crippen LogP contribution in [0, 0.1) is 5.82 Å². The molecule has 0 radical (unpaired) electrons. The van der Waals surface area contributed by atoms with Gasteiger partial charge in [-0.25, -0.2) is 17.8 Å². The van der Waals surface area contributed by atoms with E-state index in [0.717, 1.165) is 35.9 Å². The second kappa shape index (κ2) is 10.9. The van der Waals surface area contributed by atoms with Crippen LogP contribution in [-0.2, 0) is 10.0 Å². The van der Waals surface area contributed by atoms with E-state index in [1.165, 1.54) is 15.6 Å². The van der Waals surface area contributed by atoms with Crippen molar-refractivity contribution in [1.82, 2.24) is 9.29 Å². The van der Waals surface area contributed by atoms with E-state index < -0.39 is 21.7 Å². The van der Waals surface area contributed by atoms with Crippen molar-refractivity contribution in [2.24, 2.45) is 0 Å². The largest absolute Gasteiger partial charge is 0.494 e. The minimum absolute atomic E-state index is 0.136. The molecule has 0 saturated heterocycles. The molecule has 176 valence electrons. The predicted octanol–water partition coefficient (Wildman–Crippen LogP) is 5.02. The van der Waals surface area contributed by atoms with E-state index in [1.54, 1.807) is 19.2 Å². The van der Waals surface area contributed by atoms with Crippen LogP contribution in [0.15, 0.2) is 52.7 Å². The fourth-order valence-corrected chi connectivity index (χ4v) is 5.32. The van der Waals surface area contributed by atoms with Crippen molar-refractivity contribution in [3.63, 3.8) is 0 Å². The van der Waals surface area contributed by atoms with Gasteiger partial charge in [-0.05, 0) is 48.9 Å². The van der Waals surface area contributed by atoms with Crippen LogP contribution in [0.3, 0.4) is 0 Å². The Labute approximate surface area is 197 Å². The first-order valence-electron chi connectivity index (χ1n) is 10.6. The minimum Gasteiger partial charge on any atom is -0.494 e. The molecule has 1 N–H and O–H groups in total. The van der Waals surface area contributed by atoms with Crippen LogP contribution in [0.1, 0.15) is 37.6 Å². The van der Waals surface area contributed by atoms with Crippen LogP contribution in [0.5, 0.6) is 5.75 Å². The summed E-state index contributed by atoms with van der Waals surface area (Å²) in [5.74, 6) is -0.821. The summed E-state index contributed by atoms with van der Waals surface area (Å²) in [5, 5.41) is 4.61. The summed E-state index contributed by atoms with van der Waals surface area (Å²) in [6.07, 6.45) is 0.918. The SMILES string of the molecule is CCCOc1ccc(-c2csc(NC(=O)c3cc(S(=O)(=O)N(CC)CC)ccc3F)n2)cc1. The van der Waals surface area contributed by atoms with Crippen LogP contribution >= 0.6 is 11.3 Å². The molecular formula is C23H26FN3O4S2. The summed E-state index contributed by atoms with van der Waals surface area (Å²) in [6.45, 7) is 6.64. The highest BCUT2D eigenvalue weighted by atomic mass is 32.2. The quantitative estimate of drug-likeness (QED) is 0.430. The number of rotatable bonds is 10. The standard InChI is InChI=1S/C23H26FN3O4S2/c1-4-13-31-17-9-7-16(8-10-17)21-15-32-23(25-21)26-22(28)19-14-18(11-12-20(19)24)33(29,30)27(5-2)6-3/h7-12,14-15H,4-6,13H2,1-3H3,(H,25,26,28). The van der Waals surface area contributed by atoms with Gasteiger partial charge in [-0.3, -0.25) is 10.1 Å². The number of carbonyl (C=O) groups is 1. The molecule has 0 aliphatic rings. The Kier molecular flexibility index (Phi) is 8.17. The first kappa shape index (κ1) is 24.8. The number of sulfonamides is 1. The van der Waals surface area contributed by atoms with Crippen molar-refractivity contribution in [3.8, 4) is 17.0 Å². The number of benzene rings is 2. The number of hydrogen-bond donors (Lipinski definition) is 1. The molecule has 0 spiro atoms. The molecule has 0 aliphatic heterocycles. The molecule has 1 heterocycles. The maximum atomic E-state index is 14.4. The molecule has 1 amide bonds. The van der Waals surface area contributed by atoms with E-state index in [2.05, 4.69) is 10.3 Å². The monoisotopic (exact) mass is 491 g/mol. The number of nitrogens with one attached hydrogen (secondary N) is 1. The van der Waals surface area contributed by atoms with Crippen molar-refractivity contribution in [2.45, 2.75) is 32.1 Å². The van der Waals surface area contributed by atoms with Crippen LogP contribution in [-0.4, -0.2) is 43.3 Å². The lowest BCUT2D eigenvalue weighted by Crippen LogP contribution is -2.31. The molecule has 33 heavy (non-hydrogen) atoms. The zero-order chi connectivity index (χ0) is 24.0. The minimum atomic E-state index is -3.82. The Morgan fingerprint density at radius 2 is 1.82 bits per heavy atom. The summed E-state index contributed by atoms with van der Waals surface area (Å²) in [6, 6.07) is 10.6. The predicted molar refractivity (Wildman–Crippen MR) is 128 cm³/mol. The molecule has 0 aliphatic carbocycles. The van der Waals surface area contributed by atoms with Gasteiger partial charge in [0.05, 0.1) is 22.8 Å². The highest BCUT2D eigenvalue weighted by molar-refractivity contribution is 7.89. The number of halogens is 1. The van der Waals surface area contributed by atoms with Gasteiger partial charge >= 0.3 is 0 Å². The molecule has 3 rings (SSSR count). The van der Waals surface area contributed by atoms with Crippen molar-refractivity contribution >= 4 is 32.4 Å². The van der Waals surface area contributed by atoms with Gasteiger partial charge in [0.25, 0.3) is 5.91 Å². The van der Waals surface area contributed by atoms with Crippen LogP contribution in [0.25, 0.3) is 11.3 Å². The van der Waals surface area contributed by atoms with Gasteiger partial charge in [-0.15, -0.1) is 11.3 Å². The van der Waals surface area contributed by atoms with Crippen LogP contribution in [0.2, 0.25) is 0 Å². The average molecular weight is 492 g/mol. The summed E-state index contributed by atoms with van der Waals surface area (Å²) in [7, 11) is -3.82. The third kappa shape index (κ3) is 5.76. The van der Waals surface area contributed by atoms with Crippen molar-refractivity contribution in [3.05, 3.63) is 59.2 Å². The Bertz CT molecular complexity index is 1210. The lowest BCUT2D eigenvalue weighted by molar-refractivity contribution is 0.102. The van der Waals surface area contributed by atoms with Gasteiger partial charge < -0.3 is 4.74 Å². The zero-order valence-electron chi connectivity index (χ0n) is 18.7. The number of aromatic nitrogens is 1. The first-order chi connectivity index (χ1) is 15.8. The first-order valence-corrected chi connectivity index (χ1v) is 12.9. The smallest absolute Gasteiger partial charge is 0.260 e. The van der Waals surface area contributed by atoms with Gasteiger partial charge in [0.2, 0.25) is 10.0 Å². The van der Waals surface area contributed by atoms with E-state index in [-0.39, 0.29) is 28.7 Å². The average Bonchev–Trinajstić information content (AvgIpc) is 3.27. The highest BCUT2D eigenvalue weighted by Gasteiger charge is 2.24. The Hall–Kier alpha value is -2.82. The molecule has 0 atom stereocenters. The van der Waals surface area contributed by atoms with E-state index in [0.29, 0.717) is 12.3 Å². The molecule has 2 aromatic carbocycles. The number of anilines is 1. The fraction of sp³-hybridized carbons (Fsp3) is 0.304. The summed E-state index contributed by atoms with van der Waals surface area (Å²) < 4.78 is 46.7. The van der Waals surface area contributed by atoms with Crippen molar-refractivity contribution in [1.29, 1.82) is 0 Å². The van der Waals surface area contributed by atoms with E-state index in [9.17, 15) is 17.6 Å². The number of thiazole rings is 1. The van der Waals surface area contributed by atoms with Gasteiger partial charge in [-0.1, -0.05) is 20.8 Å². The maximum absolute atomic E-state index is 14.4. The third-order valence-electron chi connectivity index (χ3n) is 4.87. The Morgan fingerprint density at radius 3 is 2.45 bits per heavy atom. The van der Waals surface area contributed by atoms with E-state index >= 15 is 0 Å². The number of hydrogen-bond acceptors (Lipinski definition) is 6. The fourth-order valence-electron chi connectivity index (χ4n) is 3.12. The second-order valence-corrected chi connectivity index (χ2v) is 9.89. The maximum Gasteiger partial charge on any atom is 0.260 e. The number of ether oxygens (including phenoxy) is 1. The number of nitrogens with zero attached hydrogens (tertiary/aromatic N) is 2. The molecule has 0 saturated carbocycles. The Balaban J connectivity index is 1.78. The van der Waals surface area contributed by atoms with Gasteiger partial charge in [0.1, 0.15) is 11.6 Å². The van der Waals surface area contributed by atoms with Crippen molar-refractivity contribution < 1.29 is 22.3 Å². The molecule has 1 aromatic heterocycles. The lowest BCUT2D eigenvalue weighted by atomic mass is 10.2. The molecular weight excluding hydrogens is 465 g/mol. The van der Waals surface area contributed by atoms with Gasteiger partial charge in [0, 0.05) is 24.0 Å². The number of amides is 1. The number of carbonyl (C=O) groups excluding carboxylic acids is 1. The van der Waals surface area contributed by atoms with Crippen molar-refractivity contribution in [2.75, 3.05) is 25.0 Å². The normalized spacial score (nSPS) is 11.5.